The summed E-state index contributed by atoms with van der Waals surface area (Å²) in [6.07, 6.45) is -0.0976. The lowest BCUT2D eigenvalue weighted by atomic mass is 10.1. The molecule has 37 heavy (non-hydrogen) atoms. The molecule has 0 aliphatic heterocycles. The lowest BCUT2D eigenvalue weighted by Gasteiger charge is -2.21. The van der Waals surface area contributed by atoms with Gasteiger partial charge in [0.1, 0.15) is 23.4 Å². The van der Waals surface area contributed by atoms with Crippen LogP contribution in [0, 0.1) is 0 Å². The third-order valence-corrected chi connectivity index (χ3v) is 4.75. The minimum absolute atomic E-state index is 0.0169. The first-order valence-electron chi connectivity index (χ1n) is 11.2. The third-order valence-electron chi connectivity index (χ3n) is 4.75. The molecule has 12 nitrogen and oxygen atoms in total. The van der Waals surface area contributed by atoms with E-state index in [9.17, 15) is 28.0 Å². The van der Waals surface area contributed by atoms with Crippen molar-refractivity contribution < 1.29 is 37.4 Å². The van der Waals surface area contributed by atoms with Gasteiger partial charge in [0.15, 0.2) is 0 Å². The van der Waals surface area contributed by atoms with Gasteiger partial charge in [-0.2, -0.15) is 13.5 Å². The van der Waals surface area contributed by atoms with Crippen LogP contribution in [0.4, 0.5) is 13.6 Å². The standard InChI is InChI=1S/C23H30F2N6O6/c1-14(27-21(35)37-22(2,3)4)18(32)26-12-16-13-31(30-29-16)23(24,25)20(34)28-17(19(33)36-5)11-15-9-7-6-8-10-15/h6-10,13-14,17H,11-12H2,1-5H3,(H,26,32)(H,27,35)(H,28,34)/t14-,17-/m0/s1. The summed E-state index contributed by atoms with van der Waals surface area (Å²) in [4.78, 5) is 48.4. The molecule has 0 radical (unpaired) electrons. The van der Waals surface area contributed by atoms with E-state index in [2.05, 4.69) is 25.7 Å². The summed E-state index contributed by atoms with van der Waals surface area (Å²) in [6, 6.07) is 1.92. The largest absolute Gasteiger partial charge is 0.467 e. The fourth-order valence-electron chi connectivity index (χ4n) is 2.93. The predicted molar refractivity (Wildman–Crippen MR) is 125 cm³/mol. The van der Waals surface area contributed by atoms with E-state index >= 15 is 0 Å². The molecule has 0 aliphatic rings. The lowest BCUT2D eigenvalue weighted by molar-refractivity contribution is -0.166. The van der Waals surface area contributed by atoms with Gasteiger partial charge in [-0.1, -0.05) is 35.5 Å². The monoisotopic (exact) mass is 524 g/mol. The van der Waals surface area contributed by atoms with Gasteiger partial charge in [-0.25, -0.2) is 9.59 Å². The Labute approximate surface area is 212 Å². The fraction of sp³-hybridized carbons (Fsp3) is 0.478. The zero-order valence-electron chi connectivity index (χ0n) is 21.1. The van der Waals surface area contributed by atoms with Crippen LogP contribution >= 0.6 is 0 Å². The number of carbonyl (C=O) groups excluding carboxylic acids is 4. The highest BCUT2D eigenvalue weighted by molar-refractivity contribution is 5.87. The average molecular weight is 525 g/mol. The molecule has 2 rings (SSSR count). The van der Waals surface area contributed by atoms with Crippen LogP contribution in [0.25, 0.3) is 0 Å². The van der Waals surface area contributed by atoms with E-state index in [0.29, 0.717) is 5.56 Å². The fourth-order valence-corrected chi connectivity index (χ4v) is 2.93. The summed E-state index contributed by atoms with van der Waals surface area (Å²) >= 11 is 0. The van der Waals surface area contributed by atoms with Crippen molar-refractivity contribution in [2.24, 2.45) is 0 Å². The second-order valence-corrected chi connectivity index (χ2v) is 9.02. The zero-order valence-corrected chi connectivity index (χ0v) is 21.1. The van der Waals surface area contributed by atoms with Crippen molar-refractivity contribution >= 4 is 23.9 Å². The summed E-state index contributed by atoms with van der Waals surface area (Å²) in [5.74, 6) is -3.33. The van der Waals surface area contributed by atoms with Gasteiger partial charge in [-0.15, -0.1) is 5.10 Å². The number of methoxy groups -OCH3 is 1. The molecule has 0 saturated carbocycles. The number of hydrogen-bond donors (Lipinski definition) is 3. The Kier molecular flexibility index (Phi) is 9.63. The van der Waals surface area contributed by atoms with Crippen molar-refractivity contribution in [3.05, 3.63) is 47.8 Å². The molecule has 14 heteroatoms. The maximum atomic E-state index is 14.8. The first-order valence-corrected chi connectivity index (χ1v) is 11.2. The first kappa shape index (κ1) is 29.1. The molecule has 1 aromatic carbocycles. The SMILES string of the molecule is COC(=O)[C@H](Cc1ccccc1)NC(=O)C(F)(F)n1cc(CNC(=O)[C@H](C)NC(=O)OC(C)(C)C)nn1. The highest BCUT2D eigenvalue weighted by atomic mass is 19.3. The molecule has 0 fully saturated rings. The number of benzene rings is 1. The molecular formula is C23H30F2N6O6. The molecule has 202 valence electrons. The van der Waals surface area contributed by atoms with Gasteiger partial charge in [0.25, 0.3) is 0 Å². The van der Waals surface area contributed by atoms with Gasteiger partial charge in [0.2, 0.25) is 5.91 Å². The van der Waals surface area contributed by atoms with Crippen molar-refractivity contribution in [1.29, 1.82) is 0 Å². The van der Waals surface area contributed by atoms with E-state index in [4.69, 9.17) is 4.74 Å². The number of esters is 1. The molecule has 0 spiro atoms. The second kappa shape index (κ2) is 12.2. The van der Waals surface area contributed by atoms with Crippen molar-refractivity contribution in [3.8, 4) is 0 Å². The molecule has 3 N–H and O–H groups in total. The van der Waals surface area contributed by atoms with Gasteiger partial charge in [-0.05, 0) is 33.3 Å². The maximum absolute atomic E-state index is 14.8. The Morgan fingerprint density at radius 1 is 1.08 bits per heavy atom. The topological polar surface area (TPSA) is 154 Å². The maximum Gasteiger partial charge on any atom is 0.423 e. The number of alkyl carbamates (subject to hydrolysis) is 1. The molecule has 0 saturated heterocycles. The number of carbonyl (C=O) groups is 4. The van der Waals surface area contributed by atoms with Gasteiger partial charge in [0.05, 0.1) is 19.9 Å². The Hall–Kier alpha value is -4.10. The van der Waals surface area contributed by atoms with E-state index in [0.717, 1.165) is 13.3 Å². The molecule has 1 aromatic heterocycles. The van der Waals surface area contributed by atoms with Crippen LogP contribution < -0.4 is 16.0 Å². The number of alkyl halides is 2. The molecule has 2 atom stereocenters. The number of aromatic nitrogens is 3. The number of rotatable bonds is 10. The van der Waals surface area contributed by atoms with Crippen LogP contribution in [0.15, 0.2) is 36.5 Å². The molecule has 0 bridgehead atoms. The van der Waals surface area contributed by atoms with Crippen molar-refractivity contribution in [2.75, 3.05) is 7.11 Å². The highest BCUT2D eigenvalue weighted by Crippen LogP contribution is 2.20. The van der Waals surface area contributed by atoms with Crippen LogP contribution in [-0.4, -0.2) is 63.7 Å². The number of hydrogen-bond acceptors (Lipinski definition) is 8. The second-order valence-electron chi connectivity index (χ2n) is 9.02. The van der Waals surface area contributed by atoms with E-state index in [1.165, 1.54) is 6.92 Å². The van der Waals surface area contributed by atoms with Gasteiger partial charge >= 0.3 is 24.0 Å². The van der Waals surface area contributed by atoms with Crippen LogP contribution in [-0.2, 0) is 42.9 Å². The molecule has 3 amide bonds. The quantitative estimate of drug-likeness (QED) is 0.393. The van der Waals surface area contributed by atoms with Crippen molar-refractivity contribution in [2.45, 2.75) is 64.4 Å². The van der Waals surface area contributed by atoms with Crippen LogP contribution in [0.5, 0.6) is 0 Å². The molecular weight excluding hydrogens is 494 g/mol. The van der Waals surface area contributed by atoms with Crippen LogP contribution in [0.2, 0.25) is 0 Å². The number of nitrogens with zero attached hydrogens (tertiary/aromatic N) is 3. The first-order chi connectivity index (χ1) is 17.2. The number of ether oxygens (including phenoxy) is 2. The average Bonchev–Trinajstić information content (AvgIpc) is 3.30. The third kappa shape index (κ3) is 8.81. The lowest BCUT2D eigenvalue weighted by Crippen LogP contribution is -2.50. The number of halogens is 2. The molecule has 1 heterocycles. The Bertz CT molecular complexity index is 1100. The van der Waals surface area contributed by atoms with Gasteiger partial charge in [0, 0.05) is 6.42 Å². The molecule has 0 aliphatic carbocycles. The summed E-state index contributed by atoms with van der Waals surface area (Å²) in [5.41, 5.74) is -0.218. The normalized spacial score (nSPS) is 13.2. The minimum atomic E-state index is -4.20. The van der Waals surface area contributed by atoms with E-state index < -0.39 is 47.6 Å². The summed E-state index contributed by atoms with van der Waals surface area (Å²) < 4.78 is 39.3. The van der Waals surface area contributed by atoms with Gasteiger partial charge < -0.3 is 25.4 Å². The number of amides is 3. The Morgan fingerprint density at radius 2 is 1.73 bits per heavy atom. The summed E-state index contributed by atoms with van der Waals surface area (Å²) in [6.45, 7) is 6.08. The van der Waals surface area contributed by atoms with E-state index in [1.807, 2.05) is 5.32 Å². The summed E-state index contributed by atoms with van der Waals surface area (Å²) in [5, 5.41) is 13.6. The number of nitrogens with one attached hydrogen (secondary N) is 3. The summed E-state index contributed by atoms with van der Waals surface area (Å²) in [7, 11) is 1.08. The van der Waals surface area contributed by atoms with Gasteiger partial charge in [-0.3, -0.25) is 9.59 Å². The predicted octanol–water partition coefficient (Wildman–Crippen LogP) is 1.26. The van der Waals surface area contributed by atoms with Crippen molar-refractivity contribution in [3.63, 3.8) is 0 Å². The Morgan fingerprint density at radius 3 is 2.32 bits per heavy atom. The van der Waals surface area contributed by atoms with Crippen LogP contribution in [0.1, 0.15) is 39.0 Å². The van der Waals surface area contributed by atoms with E-state index in [-0.39, 0.29) is 23.3 Å². The zero-order chi connectivity index (χ0) is 27.8. The Balaban J connectivity index is 1.99. The molecule has 0 unspecified atom stereocenters. The van der Waals surface area contributed by atoms with E-state index in [1.54, 1.807) is 51.1 Å². The highest BCUT2D eigenvalue weighted by Gasteiger charge is 2.44. The van der Waals surface area contributed by atoms with Crippen molar-refractivity contribution in [1.82, 2.24) is 30.9 Å². The van der Waals surface area contributed by atoms with Crippen LogP contribution in [0.3, 0.4) is 0 Å². The molecule has 2 aromatic rings. The smallest absolute Gasteiger partial charge is 0.423 e. The minimum Gasteiger partial charge on any atom is -0.467 e.